The van der Waals surface area contributed by atoms with E-state index in [4.69, 9.17) is 0 Å². The molecule has 15 heavy (non-hydrogen) atoms. The van der Waals surface area contributed by atoms with Gasteiger partial charge in [-0.3, -0.25) is 0 Å². The molecule has 0 aliphatic heterocycles. The fourth-order valence-corrected chi connectivity index (χ4v) is 0.839. The number of rotatable bonds is 2. The third-order valence-corrected chi connectivity index (χ3v) is 1.37. The number of aromatic carboxylic acids is 2. The second-order valence-corrected chi connectivity index (χ2v) is 2.12. The van der Waals surface area contributed by atoms with E-state index in [1.807, 2.05) is 0 Å². The van der Waals surface area contributed by atoms with Gasteiger partial charge in [0.2, 0.25) is 0 Å². The average molecular weight is 597 g/mol. The van der Waals surface area contributed by atoms with Crippen LogP contribution in [0.25, 0.3) is 0 Å². The third-order valence-electron chi connectivity index (χ3n) is 1.37. The van der Waals surface area contributed by atoms with Crippen LogP contribution in [0.3, 0.4) is 0 Å². The first-order chi connectivity index (χ1) is 6.63. The molecule has 0 heterocycles. The molecule has 0 aliphatic rings. The van der Waals surface area contributed by atoms with Crippen molar-refractivity contribution in [2.75, 3.05) is 0 Å². The molecule has 0 aliphatic carbocycles. The van der Waals surface area contributed by atoms with E-state index < -0.39 is 11.9 Å². The fourth-order valence-electron chi connectivity index (χ4n) is 0.839. The molecule has 7 heteroatoms. The molecule has 1 rings (SSSR count). The van der Waals surface area contributed by atoms with E-state index in [0.29, 0.717) is 0 Å². The Morgan fingerprint density at radius 1 is 0.933 bits per heavy atom. The first kappa shape index (κ1) is 17.4. The van der Waals surface area contributed by atoms with Crippen molar-refractivity contribution in [2.24, 2.45) is 0 Å². The summed E-state index contributed by atoms with van der Waals surface area (Å²) in [6.45, 7) is 0. The molecule has 0 fully saturated rings. The number of carbonyl (C=O) groups excluding carboxylic acids is 2. The van der Waals surface area contributed by atoms with Crippen LogP contribution in [0.2, 0.25) is 0 Å². The van der Waals surface area contributed by atoms with Gasteiger partial charge in [0.05, 0.1) is 11.9 Å². The number of hydrogen-bond acceptors (Lipinski definition) is 4. The van der Waals surface area contributed by atoms with Crippen molar-refractivity contribution >= 4 is 51.7 Å². The minimum atomic E-state index is -1.52. The molecule has 0 saturated carbocycles. The standard InChI is InChI=1S/C8H6O4.H2O.2Pb/c9-7(10)5-3-1-2-4-6(5)8(11)12;;;/h1-4H,(H,9,10)(H,11,12);1H2;;/p-2. The maximum absolute atomic E-state index is 10.3. The Bertz CT molecular complexity index is 320. The summed E-state index contributed by atoms with van der Waals surface area (Å²) < 4.78 is 0. The van der Waals surface area contributed by atoms with Crippen molar-refractivity contribution in [1.29, 1.82) is 0 Å². The fraction of sp³-hybridized carbons (Fsp3) is 0. The van der Waals surface area contributed by atoms with Crippen molar-refractivity contribution < 1.29 is 25.3 Å². The van der Waals surface area contributed by atoms with Crippen molar-refractivity contribution in [1.82, 2.24) is 0 Å². The number of carbonyl (C=O) groups is 2. The topological polar surface area (TPSA) is 112 Å². The number of hydrogen-bond donors (Lipinski definition) is 0. The van der Waals surface area contributed by atoms with Crippen LogP contribution in [-0.4, -0.2) is 57.2 Å². The number of benzene rings is 1. The summed E-state index contributed by atoms with van der Waals surface area (Å²) in [7, 11) is 0. The summed E-state index contributed by atoms with van der Waals surface area (Å²) >= 11 is 2.89. The van der Waals surface area contributed by atoms with Crippen LogP contribution in [0, 0.1) is 0 Å². The van der Waals surface area contributed by atoms with Gasteiger partial charge >= 0.3 is 39.7 Å². The van der Waals surface area contributed by atoms with Crippen molar-refractivity contribution in [3.63, 3.8) is 0 Å². The zero-order valence-corrected chi connectivity index (χ0v) is 15.2. The predicted octanol–water partition coefficient (Wildman–Crippen LogP) is -3.17. The van der Waals surface area contributed by atoms with E-state index in [1.165, 1.54) is 51.9 Å². The van der Waals surface area contributed by atoms with E-state index in [2.05, 4.69) is 0 Å². The van der Waals surface area contributed by atoms with E-state index >= 15 is 0 Å². The first-order valence-electron chi connectivity index (χ1n) is 3.39. The quantitative estimate of drug-likeness (QED) is 0.336. The Kier molecular flexibility index (Phi) is 10.7. The molecular formula is C8H6O5Pb2-2. The van der Waals surface area contributed by atoms with Crippen LogP contribution in [0.1, 0.15) is 20.7 Å². The third kappa shape index (κ3) is 5.56. The molecule has 0 saturated heterocycles. The van der Waals surface area contributed by atoms with Crippen LogP contribution in [-0.2, 0) is 0 Å². The molecule has 0 unspecified atom stereocenters. The summed E-state index contributed by atoms with van der Waals surface area (Å²) in [5.74, 6) is -3.04. The van der Waals surface area contributed by atoms with Gasteiger partial charge in [-0.25, -0.2) is 0 Å². The van der Waals surface area contributed by atoms with Gasteiger partial charge in [0.1, 0.15) is 0 Å². The second kappa shape index (κ2) is 9.21. The molecule has 5 nitrogen and oxygen atoms in total. The summed E-state index contributed by atoms with van der Waals surface area (Å²) in [4.78, 5) is 20.6. The van der Waals surface area contributed by atoms with E-state index in [9.17, 15) is 19.8 Å². The Morgan fingerprint density at radius 2 is 1.20 bits per heavy atom. The monoisotopic (exact) mass is 598 g/mol. The normalized spacial score (nSPS) is 7.73. The van der Waals surface area contributed by atoms with Crippen molar-refractivity contribution in [3.05, 3.63) is 35.4 Å². The van der Waals surface area contributed by atoms with Gasteiger partial charge in [-0.15, -0.1) is 0 Å². The SMILES string of the molecule is O.O=C([O-])c1ccccc1C(=O)[O-].[Pb]=[Pb]. The Morgan fingerprint density at radius 3 is 1.40 bits per heavy atom. The Hall–Kier alpha value is -0.0358. The van der Waals surface area contributed by atoms with Gasteiger partial charge in [0.15, 0.2) is 0 Å². The Balaban J connectivity index is 0. The van der Waals surface area contributed by atoms with Gasteiger partial charge in [0.25, 0.3) is 0 Å². The van der Waals surface area contributed by atoms with Crippen LogP contribution >= 0.6 is 0 Å². The van der Waals surface area contributed by atoms with Gasteiger partial charge in [-0.1, -0.05) is 24.3 Å². The van der Waals surface area contributed by atoms with E-state index in [1.54, 1.807) is 0 Å². The number of carboxylic acid groups (broad SMARTS) is 2. The molecular weight excluding hydrogens is 590 g/mol. The molecule has 1 aromatic rings. The average Bonchev–Trinajstić information content (AvgIpc) is 2.20. The second-order valence-electron chi connectivity index (χ2n) is 2.12. The molecule has 0 bridgehead atoms. The first-order valence-corrected chi connectivity index (χ1v) is 22.4. The molecule has 0 atom stereocenters. The van der Waals surface area contributed by atoms with E-state index in [0.717, 1.165) is 12.1 Å². The van der Waals surface area contributed by atoms with Gasteiger partial charge in [-0.2, -0.15) is 0 Å². The molecule has 4 radical (unpaired) electrons. The zero-order chi connectivity index (χ0) is 11.1. The summed E-state index contributed by atoms with van der Waals surface area (Å²) in [5, 5.41) is 20.6. The summed E-state index contributed by atoms with van der Waals surface area (Å²) in [6, 6.07) is 5.14. The Labute approximate surface area is 111 Å². The summed E-state index contributed by atoms with van der Waals surface area (Å²) in [6.07, 6.45) is 0. The molecule has 1 aromatic carbocycles. The van der Waals surface area contributed by atoms with Crippen molar-refractivity contribution in [2.45, 2.75) is 0 Å². The van der Waals surface area contributed by atoms with Gasteiger partial charge in [-0.05, 0) is 0 Å². The minimum absolute atomic E-state index is 0. The van der Waals surface area contributed by atoms with Crippen LogP contribution in [0.15, 0.2) is 24.3 Å². The zero-order valence-electron chi connectivity index (χ0n) is 7.44. The molecule has 0 amide bonds. The predicted molar refractivity (Wildman–Crippen MR) is 50.2 cm³/mol. The maximum atomic E-state index is 10.3. The number of carboxylic acids is 2. The van der Waals surface area contributed by atoms with E-state index in [-0.39, 0.29) is 16.6 Å². The molecule has 2 N–H and O–H groups in total. The van der Waals surface area contributed by atoms with Gasteiger partial charge in [0, 0.05) is 11.1 Å². The van der Waals surface area contributed by atoms with Crippen LogP contribution in [0.4, 0.5) is 0 Å². The molecule has 0 aromatic heterocycles. The van der Waals surface area contributed by atoms with Crippen LogP contribution < -0.4 is 10.2 Å². The van der Waals surface area contributed by atoms with Crippen LogP contribution in [0.5, 0.6) is 0 Å². The van der Waals surface area contributed by atoms with Crippen molar-refractivity contribution in [3.8, 4) is 0 Å². The molecule has 78 valence electrons. The molecule has 0 spiro atoms. The summed E-state index contributed by atoms with van der Waals surface area (Å²) in [5.41, 5.74) is -0.727. The van der Waals surface area contributed by atoms with Gasteiger partial charge < -0.3 is 25.3 Å².